The van der Waals surface area contributed by atoms with Crippen LogP contribution < -0.4 is 20.7 Å². The molecule has 0 aliphatic carbocycles. The summed E-state index contributed by atoms with van der Waals surface area (Å²) in [6.45, 7) is 7.97. The standard InChI is InChI=1S/C32H46N6O7/c1-20(2)17-25-30(41)36-26(18-23-10-12-24(44-6)13-11-23)31(42)37(5)21(3)29(40)33-14-8-16-38(15-7-9-27(39)35-25)32(43)28-22(4)45-19-34-28/h10-13,19-21,25-26H,7-9,14-18H2,1-6H3,(H,33,40)(H,35,39)(H,36,41)/t21-,25+,26-/m0/s1. The van der Waals surface area contributed by atoms with E-state index in [0.29, 0.717) is 37.3 Å². The molecule has 1 saturated heterocycles. The van der Waals surface area contributed by atoms with Crippen molar-refractivity contribution in [2.45, 2.75) is 77.9 Å². The number of likely N-dealkylation sites (N-methyl/N-ethyl adjacent to an activating group) is 1. The van der Waals surface area contributed by atoms with Crippen molar-refractivity contribution in [3.05, 3.63) is 47.7 Å². The zero-order valence-electron chi connectivity index (χ0n) is 27.1. The highest BCUT2D eigenvalue weighted by atomic mass is 16.5. The number of benzene rings is 1. The second-order valence-corrected chi connectivity index (χ2v) is 11.8. The van der Waals surface area contributed by atoms with Gasteiger partial charge in [0.2, 0.25) is 23.6 Å². The second-order valence-electron chi connectivity index (χ2n) is 11.8. The molecule has 13 nitrogen and oxygen atoms in total. The number of oxazole rings is 1. The van der Waals surface area contributed by atoms with Crippen molar-refractivity contribution in [2.75, 3.05) is 33.8 Å². The van der Waals surface area contributed by atoms with E-state index in [-0.39, 0.29) is 55.3 Å². The van der Waals surface area contributed by atoms with E-state index in [1.165, 1.54) is 18.3 Å². The quantitative estimate of drug-likeness (QED) is 0.437. The molecule has 0 radical (unpaired) electrons. The van der Waals surface area contributed by atoms with Gasteiger partial charge in [-0.2, -0.15) is 0 Å². The summed E-state index contributed by atoms with van der Waals surface area (Å²) in [5.41, 5.74) is 0.976. The summed E-state index contributed by atoms with van der Waals surface area (Å²) < 4.78 is 10.4. The van der Waals surface area contributed by atoms with Crippen LogP contribution in [0.15, 0.2) is 35.1 Å². The number of nitrogens with zero attached hydrogens (tertiary/aromatic N) is 3. The van der Waals surface area contributed by atoms with Crippen LogP contribution in [0.5, 0.6) is 5.75 Å². The smallest absolute Gasteiger partial charge is 0.276 e. The minimum absolute atomic E-state index is 0.0693. The third kappa shape index (κ3) is 10.0. The molecule has 45 heavy (non-hydrogen) atoms. The highest BCUT2D eigenvalue weighted by Gasteiger charge is 2.32. The van der Waals surface area contributed by atoms with Crippen LogP contribution in [-0.4, -0.2) is 96.2 Å². The molecule has 1 fully saturated rings. The summed E-state index contributed by atoms with van der Waals surface area (Å²) in [5.74, 6) is -0.858. The Morgan fingerprint density at radius 2 is 1.73 bits per heavy atom. The number of methoxy groups -OCH3 is 1. The van der Waals surface area contributed by atoms with E-state index < -0.39 is 29.9 Å². The minimum Gasteiger partial charge on any atom is -0.497 e. The van der Waals surface area contributed by atoms with Crippen LogP contribution in [0.4, 0.5) is 0 Å². The molecule has 0 bridgehead atoms. The number of amides is 5. The van der Waals surface area contributed by atoms with Crippen molar-refractivity contribution in [1.29, 1.82) is 0 Å². The first-order valence-electron chi connectivity index (χ1n) is 15.4. The van der Waals surface area contributed by atoms with Gasteiger partial charge in [-0.25, -0.2) is 4.98 Å². The van der Waals surface area contributed by atoms with Crippen molar-refractivity contribution in [2.24, 2.45) is 5.92 Å². The lowest BCUT2D eigenvalue weighted by Crippen LogP contribution is -2.57. The molecule has 5 amide bonds. The summed E-state index contributed by atoms with van der Waals surface area (Å²) in [6.07, 6.45) is 2.60. The molecule has 2 aromatic rings. The number of aromatic nitrogens is 1. The molecule has 0 unspecified atom stereocenters. The number of aryl methyl sites for hydroxylation is 1. The van der Waals surface area contributed by atoms with Gasteiger partial charge in [0, 0.05) is 39.5 Å². The fourth-order valence-electron chi connectivity index (χ4n) is 5.09. The van der Waals surface area contributed by atoms with Crippen molar-refractivity contribution in [1.82, 2.24) is 30.7 Å². The zero-order valence-corrected chi connectivity index (χ0v) is 27.1. The first-order valence-corrected chi connectivity index (χ1v) is 15.4. The number of carbonyl (C=O) groups is 5. The topological polar surface area (TPSA) is 163 Å². The Labute approximate surface area is 264 Å². The first kappa shape index (κ1) is 35.1. The Hall–Kier alpha value is -4.42. The molecule has 0 spiro atoms. The van der Waals surface area contributed by atoms with Gasteiger partial charge in [0.1, 0.15) is 29.6 Å². The lowest BCUT2D eigenvalue weighted by atomic mass is 10.00. The molecule has 1 aliphatic heterocycles. The van der Waals surface area contributed by atoms with Gasteiger partial charge in [0.05, 0.1) is 7.11 Å². The molecule has 0 saturated carbocycles. The zero-order chi connectivity index (χ0) is 33.1. The second kappa shape index (κ2) is 16.6. The van der Waals surface area contributed by atoms with Gasteiger partial charge in [-0.1, -0.05) is 26.0 Å². The fourth-order valence-corrected chi connectivity index (χ4v) is 5.09. The maximum Gasteiger partial charge on any atom is 0.276 e. The highest BCUT2D eigenvalue weighted by molar-refractivity contribution is 5.95. The summed E-state index contributed by atoms with van der Waals surface area (Å²) in [5, 5.41) is 8.54. The largest absolute Gasteiger partial charge is 0.497 e. The van der Waals surface area contributed by atoms with Gasteiger partial charge in [0.15, 0.2) is 12.1 Å². The summed E-state index contributed by atoms with van der Waals surface area (Å²) in [7, 11) is 3.08. The van der Waals surface area contributed by atoms with Crippen LogP contribution in [-0.2, 0) is 25.6 Å². The summed E-state index contributed by atoms with van der Waals surface area (Å²) in [6, 6.07) is 4.45. The normalized spacial score (nSPS) is 21.4. The Morgan fingerprint density at radius 1 is 1.04 bits per heavy atom. The molecule has 3 rings (SSSR count). The van der Waals surface area contributed by atoms with Crippen molar-refractivity contribution in [3.63, 3.8) is 0 Å². The lowest BCUT2D eigenvalue weighted by molar-refractivity contribution is -0.141. The van der Waals surface area contributed by atoms with Gasteiger partial charge >= 0.3 is 0 Å². The Balaban J connectivity index is 1.86. The van der Waals surface area contributed by atoms with E-state index >= 15 is 0 Å². The molecule has 1 aromatic carbocycles. The van der Waals surface area contributed by atoms with Crippen LogP contribution in [0.1, 0.15) is 68.3 Å². The average Bonchev–Trinajstić information content (AvgIpc) is 3.45. The van der Waals surface area contributed by atoms with E-state index in [4.69, 9.17) is 9.15 Å². The minimum atomic E-state index is -0.990. The van der Waals surface area contributed by atoms with Crippen molar-refractivity contribution >= 4 is 29.5 Å². The first-order chi connectivity index (χ1) is 21.4. The number of rotatable bonds is 6. The summed E-state index contributed by atoms with van der Waals surface area (Å²) in [4.78, 5) is 73.6. The van der Waals surface area contributed by atoms with Gasteiger partial charge in [0.25, 0.3) is 5.91 Å². The molecular formula is C32H46N6O7. The third-order valence-corrected chi connectivity index (χ3v) is 7.85. The molecule has 3 N–H and O–H groups in total. The van der Waals surface area contributed by atoms with E-state index in [1.807, 2.05) is 26.0 Å². The SMILES string of the molecule is COc1ccc(C[C@@H]2NC(=O)[C@@H](CC(C)C)NC(=O)CCCN(C(=O)c3ncoc3C)CCCNC(=O)[C@H](C)N(C)C2=O)cc1. The van der Waals surface area contributed by atoms with Crippen LogP contribution in [0.2, 0.25) is 0 Å². The average molecular weight is 627 g/mol. The van der Waals surface area contributed by atoms with Gasteiger partial charge in [-0.3, -0.25) is 24.0 Å². The van der Waals surface area contributed by atoms with Crippen LogP contribution in [0.25, 0.3) is 0 Å². The van der Waals surface area contributed by atoms with Crippen LogP contribution >= 0.6 is 0 Å². The molecular weight excluding hydrogens is 580 g/mol. The number of ether oxygens (including phenoxy) is 1. The van der Waals surface area contributed by atoms with E-state index in [1.54, 1.807) is 38.0 Å². The predicted molar refractivity (Wildman–Crippen MR) is 166 cm³/mol. The molecule has 3 atom stereocenters. The van der Waals surface area contributed by atoms with Crippen molar-refractivity contribution < 1.29 is 33.1 Å². The van der Waals surface area contributed by atoms with Crippen LogP contribution in [0.3, 0.4) is 0 Å². The number of hydrogen-bond donors (Lipinski definition) is 3. The van der Waals surface area contributed by atoms with Crippen molar-refractivity contribution in [3.8, 4) is 5.75 Å². The highest BCUT2D eigenvalue weighted by Crippen LogP contribution is 2.16. The van der Waals surface area contributed by atoms with E-state index in [9.17, 15) is 24.0 Å². The van der Waals surface area contributed by atoms with Gasteiger partial charge in [-0.05, 0) is 56.7 Å². The Bertz CT molecular complexity index is 1330. The maximum absolute atomic E-state index is 13.8. The lowest BCUT2D eigenvalue weighted by Gasteiger charge is -2.30. The molecule has 1 aromatic heterocycles. The molecule has 2 heterocycles. The molecule has 246 valence electrons. The molecule has 1 aliphatic rings. The third-order valence-electron chi connectivity index (χ3n) is 7.85. The predicted octanol–water partition coefficient (Wildman–Crippen LogP) is 1.84. The summed E-state index contributed by atoms with van der Waals surface area (Å²) >= 11 is 0. The van der Waals surface area contributed by atoms with E-state index in [0.717, 1.165) is 5.56 Å². The number of nitrogens with one attached hydrogen (secondary N) is 3. The number of carbonyl (C=O) groups excluding carboxylic acids is 5. The van der Waals surface area contributed by atoms with E-state index in [2.05, 4.69) is 20.9 Å². The Morgan fingerprint density at radius 3 is 2.36 bits per heavy atom. The fraction of sp³-hybridized carbons (Fsp3) is 0.562. The molecule has 13 heteroatoms. The Kier molecular flexibility index (Phi) is 12.9. The number of hydrogen-bond acceptors (Lipinski definition) is 8. The monoisotopic (exact) mass is 626 g/mol. The van der Waals surface area contributed by atoms with Crippen LogP contribution in [0, 0.1) is 12.8 Å². The van der Waals surface area contributed by atoms with Gasteiger partial charge < -0.3 is 34.9 Å². The van der Waals surface area contributed by atoms with Gasteiger partial charge in [-0.15, -0.1) is 0 Å². The maximum atomic E-state index is 13.8.